The Bertz CT molecular complexity index is 3010. The summed E-state index contributed by atoms with van der Waals surface area (Å²) in [5, 5.41) is 2.98. The van der Waals surface area contributed by atoms with Gasteiger partial charge in [-0.15, -0.1) is 0 Å². The van der Waals surface area contributed by atoms with E-state index in [1.54, 1.807) is 39.8 Å². The summed E-state index contributed by atoms with van der Waals surface area (Å²) in [6, 6.07) is 9.24. The summed E-state index contributed by atoms with van der Waals surface area (Å²) in [5.41, 5.74) is 9.62. The van der Waals surface area contributed by atoms with E-state index < -0.39 is 54.9 Å². The first-order valence-corrected chi connectivity index (χ1v) is 33.8. The van der Waals surface area contributed by atoms with E-state index in [-0.39, 0.29) is 25.5 Å². The van der Waals surface area contributed by atoms with Crippen molar-refractivity contribution in [3.05, 3.63) is 120 Å². The van der Waals surface area contributed by atoms with Gasteiger partial charge in [-0.05, 0) is 154 Å². The number of nitrogens with two attached hydrogens (primary N) is 1. The second-order valence-electron chi connectivity index (χ2n) is 19.5. The number of benzene rings is 2. The fourth-order valence-electron chi connectivity index (χ4n) is 10.3. The molecule has 394 valence electrons. The monoisotopic (exact) mass is 1110 g/mol. The highest BCUT2D eigenvalue weighted by Crippen LogP contribution is 2.94. The maximum atomic E-state index is 12.9. The Labute approximate surface area is 434 Å². The smallest absolute Gasteiger partial charge is 0.294 e. The third-order valence-corrected chi connectivity index (χ3v) is 28.1. The van der Waals surface area contributed by atoms with Crippen LogP contribution in [-0.2, 0) is 54.0 Å². The number of thiol groups is 1. The van der Waals surface area contributed by atoms with E-state index in [4.69, 9.17) is 5.73 Å². The molecular formula is C51H69N4O11S6+. The van der Waals surface area contributed by atoms with Crippen LogP contribution in [0, 0.1) is 0 Å². The van der Waals surface area contributed by atoms with Crippen molar-refractivity contribution in [1.29, 1.82) is 0 Å². The van der Waals surface area contributed by atoms with Crippen LogP contribution in [0.4, 0.5) is 11.4 Å². The van der Waals surface area contributed by atoms with E-state index in [9.17, 15) is 47.9 Å². The fraction of sp³-hybridized carbons (Fsp3) is 0.490. The lowest BCUT2D eigenvalue weighted by Gasteiger charge is -2.30. The number of amides is 1. The summed E-state index contributed by atoms with van der Waals surface area (Å²) in [7, 11) is -12.5. The largest absolute Gasteiger partial charge is 0.356 e. The topological polar surface area (TPSA) is 242 Å². The molecule has 1 amide bonds. The molecule has 6 N–H and O–H groups in total. The number of carbonyl (C=O) groups is 1. The molecule has 7 rings (SSSR count). The molecule has 2 aromatic carbocycles. The quantitative estimate of drug-likeness (QED) is 0.0116. The summed E-state index contributed by atoms with van der Waals surface area (Å²) in [6.45, 7) is 6.31. The number of allylic oxidation sites excluding steroid dienone is 12. The third kappa shape index (κ3) is 13.4. The molecule has 2 aromatic rings. The number of unbranched alkanes of at least 4 members (excludes halogenated alkanes) is 5. The molecule has 2 unspecified atom stereocenters. The zero-order valence-corrected chi connectivity index (χ0v) is 45.9. The number of nitrogens with zero attached hydrogens (tertiary/aromatic N) is 2. The highest BCUT2D eigenvalue weighted by Gasteiger charge is 2.80. The van der Waals surface area contributed by atoms with Crippen LogP contribution in [-0.4, -0.2) is 94.7 Å². The molecular weight excluding hydrogens is 1040 g/mol. The minimum atomic E-state index is -4.62. The van der Waals surface area contributed by atoms with Crippen LogP contribution in [0.5, 0.6) is 0 Å². The lowest BCUT2D eigenvalue weighted by molar-refractivity contribution is -0.438. The lowest BCUT2D eigenvalue weighted by atomic mass is 9.75. The van der Waals surface area contributed by atoms with Crippen LogP contribution in [0.2, 0.25) is 0 Å². The molecule has 0 saturated carbocycles. The average molecular weight is 1110 g/mol. The van der Waals surface area contributed by atoms with Crippen LogP contribution >= 0.6 is 21.6 Å². The van der Waals surface area contributed by atoms with Crippen molar-refractivity contribution in [3.8, 4) is 0 Å². The van der Waals surface area contributed by atoms with Gasteiger partial charge in [0.05, 0.1) is 21.0 Å². The van der Waals surface area contributed by atoms with E-state index in [0.29, 0.717) is 83.1 Å². The molecule has 0 radical (unpaired) electrons. The zero-order valence-electron chi connectivity index (χ0n) is 40.9. The fourth-order valence-corrected chi connectivity index (χ4v) is 22.5. The van der Waals surface area contributed by atoms with Gasteiger partial charge in [0.25, 0.3) is 30.4 Å². The van der Waals surface area contributed by atoms with E-state index in [1.165, 1.54) is 18.2 Å². The molecule has 4 heterocycles. The molecule has 5 aliphatic rings. The van der Waals surface area contributed by atoms with Crippen LogP contribution < -0.4 is 16.0 Å². The van der Waals surface area contributed by atoms with E-state index in [1.807, 2.05) is 55.5 Å². The average Bonchev–Trinajstić information content (AvgIpc) is 4.01. The first-order chi connectivity index (χ1) is 34.0. The van der Waals surface area contributed by atoms with E-state index in [2.05, 4.69) is 33.9 Å². The summed E-state index contributed by atoms with van der Waals surface area (Å²) >= 11 is 0. The Hall–Kier alpha value is -3.64. The maximum absolute atomic E-state index is 12.9. The van der Waals surface area contributed by atoms with Crippen LogP contribution in [0.15, 0.2) is 118 Å². The lowest BCUT2D eigenvalue weighted by Crippen LogP contribution is -2.32. The van der Waals surface area contributed by atoms with Crippen molar-refractivity contribution >= 4 is 82.9 Å². The predicted molar refractivity (Wildman–Crippen MR) is 292 cm³/mol. The van der Waals surface area contributed by atoms with E-state index in [0.717, 1.165) is 72.4 Å². The van der Waals surface area contributed by atoms with Crippen molar-refractivity contribution in [3.63, 3.8) is 0 Å². The normalized spacial score (nSPS) is 26.1. The van der Waals surface area contributed by atoms with Crippen LogP contribution in [0.1, 0.15) is 121 Å². The van der Waals surface area contributed by atoms with E-state index >= 15 is 0 Å². The molecule has 21 heteroatoms. The summed E-state index contributed by atoms with van der Waals surface area (Å²) in [6.07, 6.45) is 29.5. The van der Waals surface area contributed by atoms with Crippen molar-refractivity contribution < 1.29 is 52.5 Å². The van der Waals surface area contributed by atoms with Gasteiger partial charge in [-0.1, -0.05) is 67.9 Å². The Morgan fingerprint density at radius 2 is 1.44 bits per heavy atom. The molecule has 1 aliphatic carbocycles. The number of hydrogen-bond acceptors (Lipinski definition) is 12. The number of carbonyl (C=O) groups excluding carboxylic acids is 1. The van der Waals surface area contributed by atoms with Gasteiger partial charge in [0.15, 0.2) is 9.12 Å². The molecule has 72 heavy (non-hydrogen) atoms. The van der Waals surface area contributed by atoms with Crippen LogP contribution in [0.25, 0.3) is 0 Å². The number of nitrogens with one attached hydrogen (secondary N) is 1. The second kappa shape index (κ2) is 23.1. The Balaban J connectivity index is 1.26. The minimum absolute atomic E-state index is 0.0158. The zero-order chi connectivity index (χ0) is 52.0. The first kappa shape index (κ1) is 56.1. The van der Waals surface area contributed by atoms with Gasteiger partial charge >= 0.3 is 0 Å². The number of anilines is 1. The Morgan fingerprint density at radius 1 is 0.778 bits per heavy atom. The van der Waals surface area contributed by atoms with Gasteiger partial charge in [0, 0.05) is 68.4 Å². The minimum Gasteiger partial charge on any atom is -0.356 e. The molecule has 2 fully saturated rings. The van der Waals surface area contributed by atoms with Crippen LogP contribution in [0.3, 0.4) is 0 Å². The van der Waals surface area contributed by atoms with Crippen molar-refractivity contribution in [1.82, 2.24) is 5.32 Å². The number of rotatable bonds is 28. The highest BCUT2D eigenvalue weighted by molar-refractivity contribution is 9.38. The standard InChI is InChI=1S/C51H68N4O11S6/c1-49(29-11-15-36-69(57,58)59)42-37-40(70(60,61)62)25-27-44(42)54(34-14-6-10-24-48(56)53-33-13-7-12-32-52)46(49)22-16-23-47-50(2,30-18-31-51-67-72(51,66)68-51)43-38-41(71(63,64)65)26-28-45(43)55(47)35-17-21-39-19-8-4-3-5-9-20-39/h3-5,8-9,16,19-20,22-23,25-28,37-38,72H,6-7,10-15,17-18,21,24,29-36,52H2,1-2H3,(H3-,53,56,57,58,59,60,61,62,63,64,65)/p+1/b4-3-,5-3?,8-4?,9-5-,19-8-,20-9?,39-19?,39-20+. The Kier molecular flexibility index (Phi) is 18.0. The van der Waals surface area contributed by atoms with Crippen molar-refractivity contribution in [2.24, 2.45) is 5.73 Å². The SMILES string of the molecule is CC1(CCCC23S[SH]2(=O)S3)C(/C=C/C=C2/N(CCCCCC(=O)NCCCCCN)c3ccc(S(=O)(=O)O)cc3C2(C)CCCCS(=O)(=O)O)=[N+](CCCC2=C/C=C\C=C/C=C\2)c2ccc(S(=O)(=O)O)cc21. The predicted octanol–water partition coefficient (Wildman–Crippen LogP) is 9.17. The molecule has 0 spiro atoms. The molecule has 0 aromatic heterocycles. The summed E-state index contributed by atoms with van der Waals surface area (Å²) < 4.78 is 119. The number of hydrogen-bond donors (Lipinski definition) is 6. The molecule has 15 nitrogen and oxygen atoms in total. The van der Waals surface area contributed by atoms with Gasteiger partial charge < -0.3 is 16.0 Å². The molecule has 0 bridgehead atoms. The van der Waals surface area contributed by atoms with Crippen molar-refractivity contribution in [2.45, 2.75) is 134 Å². The van der Waals surface area contributed by atoms with Gasteiger partial charge in [-0.3, -0.25) is 22.7 Å². The van der Waals surface area contributed by atoms with Gasteiger partial charge in [-0.2, -0.15) is 29.8 Å². The second-order valence-corrected chi connectivity index (χ2v) is 33.2. The van der Waals surface area contributed by atoms with Gasteiger partial charge in [-0.25, -0.2) is 0 Å². The highest BCUT2D eigenvalue weighted by atomic mass is 33.6. The van der Waals surface area contributed by atoms with Crippen molar-refractivity contribution in [2.75, 3.05) is 36.8 Å². The maximum Gasteiger partial charge on any atom is 0.294 e. The Morgan fingerprint density at radius 3 is 2.14 bits per heavy atom. The first-order valence-electron chi connectivity index (χ1n) is 24.7. The molecule has 2 atom stereocenters. The summed E-state index contributed by atoms with van der Waals surface area (Å²) in [4.78, 5) is 14.3. The third-order valence-electron chi connectivity index (χ3n) is 14.3. The molecule has 2 saturated heterocycles. The van der Waals surface area contributed by atoms with Gasteiger partial charge in [0.2, 0.25) is 11.6 Å². The number of fused-ring (bicyclic) bond motifs is 3. The molecule has 4 aliphatic heterocycles. The summed E-state index contributed by atoms with van der Waals surface area (Å²) in [5.74, 6) is -0.465. The van der Waals surface area contributed by atoms with Gasteiger partial charge in [0.1, 0.15) is 6.54 Å².